The number of hydrogen-bond acceptors (Lipinski definition) is 4. The van der Waals surface area contributed by atoms with Crippen molar-refractivity contribution in [2.45, 2.75) is 43.1 Å². The van der Waals surface area contributed by atoms with E-state index in [2.05, 4.69) is 47.8 Å². The molecule has 1 spiro atoms. The van der Waals surface area contributed by atoms with Gasteiger partial charge in [0, 0.05) is 16.1 Å². The molecule has 5 rings (SSSR count). The molecule has 0 amide bonds. The number of methoxy groups -OCH3 is 1. The molecular weight excluding hydrogens is 486 g/mol. The van der Waals surface area contributed by atoms with Crippen LogP contribution in [0.1, 0.15) is 42.4 Å². The van der Waals surface area contributed by atoms with Gasteiger partial charge >= 0.3 is 5.97 Å². The lowest BCUT2D eigenvalue weighted by Gasteiger charge is -2.45. The Hall–Kier alpha value is -3.28. The van der Waals surface area contributed by atoms with E-state index < -0.39 is 11.5 Å². The molecule has 0 aromatic heterocycles. The summed E-state index contributed by atoms with van der Waals surface area (Å²) in [6.45, 7) is 1.15. The Kier molecular flexibility index (Phi) is 7.27. The first-order chi connectivity index (χ1) is 17.9. The molecule has 2 aliphatic rings. The minimum absolute atomic E-state index is 0.203. The van der Waals surface area contributed by atoms with Gasteiger partial charge in [-0.3, -0.25) is 0 Å². The number of carboxylic acid groups (broad SMARTS) is 1. The standard InChI is InChI=1S/C31H32ClNO4/c1-36-27-11-9-22(10-12-27)13-18-37-21-24-19-23-5-2-3-8-28(23)30(24)14-16-31(17-15-30,29(34)35)33-26-7-4-6-25(32)20-26/h2-12,19-20,33H,13-18,21H2,1H3,(H,34,35). The molecule has 0 saturated heterocycles. The number of nitrogens with one attached hydrogen (secondary N) is 1. The zero-order chi connectivity index (χ0) is 25.9. The van der Waals surface area contributed by atoms with Crippen LogP contribution in [0.4, 0.5) is 5.69 Å². The molecule has 0 radical (unpaired) electrons. The predicted octanol–water partition coefficient (Wildman–Crippen LogP) is 6.75. The summed E-state index contributed by atoms with van der Waals surface area (Å²) in [4.78, 5) is 12.5. The van der Waals surface area contributed by atoms with E-state index >= 15 is 0 Å². The highest BCUT2D eigenvalue weighted by molar-refractivity contribution is 6.30. The van der Waals surface area contributed by atoms with Gasteiger partial charge in [0.2, 0.25) is 0 Å². The van der Waals surface area contributed by atoms with Crippen molar-refractivity contribution >= 4 is 29.3 Å². The van der Waals surface area contributed by atoms with Crippen LogP contribution in [0.25, 0.3) is 6.08 Å². The predicted molar refractivity (Wildman–Crippen MR) is 148 cm³/mol. The normalized spacial score (nSPS) is 22.4. The van der Waals surface area contributed by atoms with Gasteiger partial charge in [-0.15, -0.1) is 0 Å². The number of hydrogen-bond donors (Lipinski definition) is 2. The Labute approximate surface area is 223 Å². The average Bonchev–Trinajstić information content (AvgIpc) is 3.21. The van der Waals surface area contributed by atoms with Crippen LogP contribution in [0, 0.1) is 0 Å². The second-order valence-electron chi connectivity index (χ2n) is 10.0. The molecule has 37 heavy (non-hydrogen) atoms. The Bertz CT molecular complexity index is 1290. The third-order valence-corrected chi connectivity index (χ3v) is 8.18. The SMILES string of the molecule is COc1ccc(CCOCC2=Cc3ccccc3C23CCC(Nc2cccc(Cl)c2)(C(=O)O)CC3)cc1. The number of benzene rings is 3. The monoisotopic (exact) mass is 517 g/mol. The minimum Gasteiger partial charge on any atom is -0.497 e. The van der Waals surface area contributed by atoms with Crippen LogP contribution in [0.5, 0.6) is 5.75 Å². The third-order valence-electron chi connectivity index (χ3n) is 7.95. The lowest BCUT2D eigenvalue weighted by atomic mass is 9.62. The highest BCUT2D eigenvalue weighted by Crippen LogP contribution is 2.53. The molecule has 1 saturated carbocycles. The van der Waals surface area contributed by atoms with Crippen molar-refractivity contribution in [3.63, 3.8) is 0 Å². The van der Waals surface area contributed by atoms with Crippen LogP contribution in [0.15, 0.2) is 78.4 Å². The van der Waals surface area contributed by atoms with Gasteiger partial charge in [-0.1, -0.05) is 60.1 Å². The minimum atomic E-state index is -1.03. The molecule has 2 aliphatic carbocycles. The summed E-state index contributed by atoms with van der Waals surface area (Å²) in [6.07, 6.45) is 5.55. The van der Waals surface area contributed by atoms with Crippen molar-refractivity contribution in [2.24, 2.45) is 0 Å². The number of carboxylic acids is 1. The Balaban J connectivity index is 1.30. The fraction of sp³-hybridized carbons (Fsp3) is 0.323. The molecule has 0 aliphatic heterocycles. The van der Waals surface area contributed by atoms with Crippen LogP contribution in [0.2, 0.25) is 5.02 Å². The quantitative estimate of drug-likeness (QED) is 0.307. The van der Waals surface area contributed by atoms with Crippen molar-refractivity contribution in [3.8, 4) is 5.75 Å². The smallest absolute Gasteiger partial charge is 0.329 e. The molecule has 3 aromatic rings. The molecule has 2 N–H and O–H groups in total. The number of carbonyl (C=O) groups is 1. The Morgan fingerprint density at radius 2 is 1.76 bits per heavy atom. The van der Waals surface area contributed by atoms with Crippen molar-refractivity contribution in [1.82, 2.24) is 0 Å². The fourth-order valence-corrected chi connectivity index (χ4v) is 6.02. The summed E-state index contributed by atoms with van der Waals surface area (Å²) in [5, 5.41) is 14.2. The van der Waals surface area contributed by atoms with Gasteiger partial charge in [0.25, 0.3) is 0 Å². The van der Waals surface area contributed by atoms with Gasteiger partial charge in [-0.2, -0.15) is 0 Å². The van der Waals surface area contributed by atoms with Gasteiger partial charge in [0.05, 0.1) is 20.3 Å². The first kappa shape index (κ1) is 25.4. The van der Waals surface area contributed by atoms with Crippen molar-refractivity contribution < 1.29 is 19.4 Å². The van der Waals surface area contributed by atoms with E-state index in [4.69, 9.17) is 21.1 Å². The second-order valence-corrected chi connectivity index (χ2v) is 10.4. The maximum Gasteiger partial charge on any atom is 0.329 e. The van der Waals surface area contributed by atoms with E-state index in [1.54, 1.807) is 19.2 Å². The number of rotatable bonds is 9. The van der Waals surface area contributed by atoms with Crippen molar-refractivity contribution in [2.75, 3.05) is 25.6 Å². The van der Waals surface area contributed by atoms with Crippen LogP contribution in [-0.2, 0) is 21.4 Å². The van der Waals surface area contributed by atoms with E-state index in [0.29, 0.717) is 31.1 Å². The molecule has 0 heterocycles. The summed E-state index contributed by atoms with van der Waals surface area (Å²) < 4.78 is 11.4. The zero-order valence-electron chi connectivity index (χ0n) is 21.0. The van der Waals surface area contributed by atoms with E-state index in [-0.39, 0.29) is 5.41 Å². The van der Waals surface area contributed by atoms with E-state index in [1.807, 2.05) is 24.3 Å². The molecule has 1 fully saturated rings. The molecule has 3 aromatic carbocycles. The number of fused-ring (bicyclic) bond motifs is 2. The van der Waals surface area contributed by atoms with Gasteiger partial charge in [0.15, 0.2) is 0 Å². The number of aliphatic carboxylic acids is 1. The maximum atomic E-state index is 12.5. The van der Waals surface area contributed by atoms with Crippen LogP contribution in [-0.4, -0.2) is 36.9 Å². The fourth-order valence-electron chi connectivity index (χ4n) is 5.83. The molecule has 5 nitrogen and oxygen atoms in total. The Morgan fingerprint density at radius 1 is 1.00 bits per heavy atom. The lowest BCUT2D eigenvalue weighted by molar-refractivity contribution is -0.143. The maximum absolute atomic E-state index is 12.5. The lowest BCUT2D eigenvalue weighted by Crippen LogP contribution is -2.52. The van der Waals surface area contributed by atoms with Crippen LogP contribution < -0.4 is 10.1 Å². The summed E-state index contributed by atoms with van der Waals surface area (Å²) in [5.41, 5.74) is 4.43. The van der Waals surface area contributed by atoms with Gasteiger partial charge in [-0.25, -0.2) is 4.79 Å². The first-order valence-corrected chi connectivity index (χ1v) is 13.1. The van der Waals surface area contributed by atoms with Crippen molar-refractivity contribution in [1.29, 1.82) is 0 Å². The molecule has 192 valence electrons. The number of anilines is 1. The molecule has 0 bridgehead atoms. The van der Waals surface area contributed by atoms with Gasteiger partial charge in [0.1, 0.15) is 11.3 Å². The van der Waals surface area contributed by atoms with E-state index in [0.717, 1.165) is 30.7 Å². The van der Waals surface area contributed by atoms with Gasteiger partial charge in [-0.05, 0) is 84.7 Å². The summed E-state index contributed by atoms with van der Waals surface area (Å²) >= 11 is 6.16. The number of halogens is 1. The highest BCUT2D eigenvalue weighted by atomic mass is 35.5. The van der Waals surface area contributed by atoms with Crippen molar-refractivity contribution in [3.05, 3.63) is 100 Å². The number of ether oxygens (including phenoxy) is 2. The summed E-state index contributed by atoms with van der Waals surface area (Å²) in [5.74, 6) is 0.0231. The van der Waals surface area contributed by atoms with Crippen LogP contribution >= 0.6 is 11.6 Å². The van der Waals surface area contributed by atoms with E-state index in [1.165, 1.54) is 22.3 Å². The molecule has 6 heteroatoms. The van der Waals surface area contributed by atoms with Crippen LogP contribution in [0.3, 0.4) is 0 Å². The highest BCUT2D eigenvalue weighted by Gasteiger charge is 2.51. The summed E-state index contributed by atoms with van der Waals surface area (Å²) in [7, 11) is 1.67. The van der Waals surface area contributed by atoms with E-state index in [9.17, 15) is 9.90 Å². The zero-order valence-corrected chi connectivity index (χ0v) is 21.8. The first-order valence-electron chi connectivity index (χ1n) is 12.7. The van der Waals surface area contributed by atoms with Gasteiger partial charge < -0.3 is 19.9 Å². The third kappa shape index (κ3) is 5.11. The molecule has 0 atom stereocenters. The summed E-state index contributed by atoms with van der Waals surface area (Å²) in [6, 6.07) is 23.8. The second kappa shape index (κ2) is 10.6. The topological polar surface area (TPSA) is 67.8 Å². The molecule has 0 unspecified atom stereocenters. The Morgan fingerprint density at radius 3 is 2.46 bits per heavy atom. The largest absolute Gasteiger partial charge is 0.497 e. The average molecular weight is 518 g/mol. The molecular formula is C31H32ClNO4.